The molecule has 14 heteroatoms. The van der Waals surface area contributed by atoms with Crippen LogP contribution in [0.5, 0.6) is 0 Å². The molecule has 0 saturated carbocycles. The maximum absolute atomic E-state index is 8.49. The summed E-state index contributed by atoms with van der Waals surface area (Å²) in [6, 6.07) is 4.21. The van der Waals surface area contributed by atoms with Crippen LogP contribution in [0.15, 0.2) is 12.1 Å². The van der Waals surface area contributed by atoms with E-state index in [1.807, 2.05) is 23.2 Å². The van der Waals surface area contributed by atoms with E-state index in [9.17, 15) is 0 Å². The van der Waals surface area contributed by atoms with Gasteiger partial charge in [0.05, 0.1) is 24.5 Å². The SMILES string of the molecule is Cc1cc(C)n(CCNCCn2nc(C)cc2C)n1.[N-]=[N+]=[N-].[O-][Cl+3]([O-])([O-])[O-].[Zn+2]. The summed E-state index contributed by atoms with van der Waals surface area (Å²) >= 11 is 0. The zero-order chi connectivity index (χ0) is 21.0. The van der Waals surface area contributed by atoms with Crippen LogP contribution in [0.25, 0.3) is 16.0 Å². The Morgan fingerprint density at radius 1 is 0.893 bits per heavy atom. The maximum Gasteiger partial charge on any atom is 2.00 e. The largest absolute Gasteiger partial charge is 2.00 e. The average Bonchev–Trinajstić information content (AvgIpc) is 2.99. The van der Waals surface area contributed by atoms with E-state index in [0.717, 1.165) is 37.6 Å². The second kappa shape index (κ2) is 14.4. The molecular formula is C14H23ClN8O4Zn. The third kappa shape index (κ3) is 14.5. The van der Waals surface area contributed by atoms with Gasteiger partial charge in [-0.05, 0) is 39.8 Å². The molecule has 12 nitrogen and oxygen atoms in total. The number of aromatic nitrogens is 4. The van der Waals surface area contributed by atoms with Crippen molar-refractivity contribution < 1.29 is 48.4 Å². The van der Waals surface area contributed by atoms with Gasteiger partial charge in [-0.15, -0.1) is 10.2 Å². The number of nitrogens with one attached hydrogen (secondary N) is 1. The van der Waals surface area contributed by atoms with Crippen molar-refractivity contribution in [1.29, 1.82) is 0 Å². The van der Waals surface area contributed by atoms with Gasteiger partial charge in [0, 0.05) is 24.5 Å². The molecule has 0 saturated heterocycles. The average molecular weight is 468 g/mol. The van der Waals surface area contributed by atoms with Crippen molar-refractivity contribution in [2.24, 2.45) is 0 Å². The standard InChI is InChI=1S/C14H23N5.ClHO4.N3.Zn/c1-11-9-13(3)18(16-11)7-5-15-6-8-19-14(4)10-12(2)17-19;2-1(3,4)5;1-3-2;/h9-10,15H,5-8H2,1-4H3;(H,2,3,4,5);;/q;;-1;+2/p-1. The van der Waals surface area contributed by atoms with Crippen molar-refractivity contribution >= 4 is 0 Å². The molecule has 1 N–H and O–H groups in total. The molecule has 0 unspecified atom stereocenters. The summed E-state index contributed by atoms with van der Waals surface area (Å²) in [6.07, 6.45) is 0. The Labute approximate surface area is 178 Å². The van der Waals surface area contributed by atoms with Crippen molar-refractivity contribution in [2.45, 2.75) is 40.8 Å². The van der Waals surface area contributed by atoms with Gasteiger partial charge in [0.25, 0.3) is 0 Å². The molecule has 0 fully saturated rings. The topological polar surface area (TPSA) is 199 Å². The van der Waals surface area contributed by atoms with Crippen LogP contribution >= 0.6 is 0 Å². The Kier molecular flexibility index (Phi) is 14.8. The Balaban J connectivity index is 0. The van der Waals surface area contributed by atoms with Gasteiger partial charge in [0.15, 0.2) is 0 Å². The van der Waals surface area contributed by atoms with E-state index in [4.69, 9.17) is 29.7 Å². The van der Waals surface area contributed by atoms with Gasteiger partial charge in [-0.2, -0.15) is 10.2 Å². The number of halogens is 1. The van der Waals surface area contributed by atoms with E-state index in [-0.39, 0.29) is 19.5 Å². The van der Waals surface area contributed by atoms with E-state index in [2.05, 4.69) is 41.5 Å². The molecule has 28 heavy (non-hydrogen) atoms. The molecule has 2 heterocycles. The van der Waals surface area contributed by atoms with Crippen LogP contribution in [-0.2, 0) is 32.6 Å². The summed E-state index contributed by atoms with van der Waals surface area (Å²) in [5, 5.41) is 12.3. The first-order valence-electron chi connectivity index (χ1n) is 7.81. The minimum Gasteiger partial charge on any atom is -0.373 e. The second-order valence-corrected chi connectivity index (χ2v) is 6.27. The van der Waals surface area contributed by atoms with Gasteiger partial charge < -0.3 is 16.4 Å². The monoisotopic (exact) mass is 466 g/mol. The van der Waals surface area contributed by atoms with Gasteiger partial charge in [-0.25, -0.2) is 18.6 Å². The van der Waals surface area contributed by atoms with Crippen LogP contribution in [0.2, 0.25) is 0 Å². The third-order valence-electron chi connectivity index (χ3n) is 3.21. The van der Waals surface area contributed by atoms with Gasteiger partial charge in [0.1, 0.15) is 0 Å². The number of aryl methyl sites for hydroxylation is 4. The van der Waals surface area contributed by atoms with Crippen molar-refractivity contribution in [2.75, 3.05) is 13.1 Å². The molecule has 2 aromatic rings. The fraction of sp³-hybridized carbons (Fsp3) is 0.571. The number of hydrogen-bond donors (Lipinski definition) is 1. The van der Waals surface area contributed by atoms with Crippen LogP contribution in [0.4, 0.5) is 0 Å². The first-order valence-corrected chi connectivity index (χ1v) is 9.04. The molecule has 0 aromatic carbocycles. The van der Waals surface area contributed by atoms with Crippen LogP contribution in [-0.4, -0.2) is 32.7 Å². The molecule has 0 amide bonds. The van der Waals surface area contributed by atoms with Crippen molar-refractivity contribution in [3.8, 4) is 0 Å². The van der Waals surface area contributed by atoms with Gasteiger partial charge >= 0.3 is 19.5 Å². The quantitative estimate of drug-likeness (QED) is 0.162. The van der Waals surface area contributed by atoms with Crippen LogP contribution in [0.3, 0.4) is 0 Å². The smallest absolute Gasteiger partial charge is 0.373 e. The molecule has 152 valence electrons. The molecule has 2 aromatic heterocycles. The number of hydrogen-bond acceptors (Lipinski definition) is 7. The minimum absolute atomic E-state index is 0. The summed E-state index contributed by atoms with van der Waals surface area (Å²) < 4.78 is 38.1. The number of nitrogens with zero attached hydrogens (tertiary/aromatic N) is 7. The van der Waals surface area contributed by atoms with Gasteiger partial charge in [-0.1, -0.05) is 0 Å². The zero-order valence-electron chi connectivity index (χ0n) is 16.3. The molecule has 0 radical (unpaired) electrons. The summed E-state index contributed by atoms with van der Waals surface area (Å²) in [5.41, 5.74) is 18.1. The van der Waals surface area contributed by atoms with E-state index in [0.29, 0.717) is 0 Å². The molecule has 0 aliphatic rings. The van der Waals surface area contributed by atoms with Gasteiger partial charge in [0.2, 0.25) is 0 Å². The van der Waals surface area contributed by atoms with E-state index < -0.39 is 10.2 Å². The first kappa shape index (κ1) is 28.7. The summed E-state index contributed by atoms with van der Waals surface area (Å²) in [4.78, 5) is 1.50. The summed E-state index contributed by atoms with van der Waals surface area (Å²) in [6.45, 7) is 11.9. The Morgan fingerprint density at radius 3 is 1.39 bits per heavy atom. The fourth-order valence-corrected chi connectivity index (χ4v) is 2.30. The maximum atomic E-state index is 8.49. The Hall–Kier alpha value is -1.56. The third-order valence-corrected chi connectivity index (χ3v) is 3.21. The Morgan fingerprint density at radius 2 is 1.18 bits per heavy atom. The summed E-state index contributed by atoms with van der Waals surface area (Å²) in [7, 11) is -4.94. The van der Waals surface area contributed by atoms with Crippen molar-refractivity contribution in [3.05, 3.63) is 50.9 Å². The minimum atomic E-state index is -4.94. The molecule has 0 aliphatic carbocycles. The Bertz CT molecular complexity index is 671. The molecule has 0 aliphatic heterocycles. The molecular weight excluding hydrogens is 445 g/mol. The van der Waals surface area contributed by atoms with Crippen LogP contribution in [0, 0.1) is 37.9 Å². The molecule has 0 bridgehead atoms. The van der Waals surface area contributed by atoms with E-state index in [1.165, 1.54) is 16.3 Å². The number of rotatable bonds is 6. The predicted octanol–water partition coefficient (Wildman–Crippen LogP) is -2.29. The molecule has 0 atom stereocenters. The van der Waals surface area contributed by atoms with E-state index in [1.54, 1.807) is 0 Å². The molecule has 2 rings (SSSR count). The summed E-state index contributed by atoms with van der Waals surface area (Å²) in [5.74, 6) is 0. The van der Waals surface area contributed by atoms with Crippen LogP contribution in [0.1, 0.15) is 22.8 Å². The predicted molar refractivity (Wildman–Crippen MR) is 86.3 cm³/mol. The zero-order valence-corrected chi connectivity index (χ0v) is 20.1. The normalized spacial score (nSPS) is 10.0. The van der Waals surface area contributed by atoms with Gasteiger partial charge in [-0.3, -0.25) is 14.3 Å². The van der Waals surface area contributed by atoms with Crippen molar-refractivity contribution in [1.82, 2.24) is 24.9 Å². The first-order chi connectivity index (χ1) is 12.5. The van der Waals surface area contributed by atoms with Crippen LogP contribution < -0.4 is 24.0 Å². The molecule has 0 spiro atoms. The second-order valence-electron chi connectivity index (χ2n) is 5.52. The fourth-order valence-electron chi connectivity index (χ4n) is 2.30. The van der Waals surface area contributed by atoms with Crippen molar-refractivity contribution in [3.63, 3.8) is 0 Å². The van der Waals surface area contributed by atoms with E-state index >= 15 is 0 Å².